The summed E-state index contributed by atoms with van der Waals surface area (Å²) in [6, 6.07) is 0.324. The molecule has 60 valence electrons. The Bertz CT molecular complexity index is 43.9. The van der Waals surface area contributed by atoms with E-state index >= 15 is 0 Å². The molecule has 2 nitrogen and oxygen atoms in total. The molecule has 0 fully saturated rings. The summed E-state index contributed by atoms with van der Waals surface area (Å²) in [6.45, 7) is 2.79. The fourth-order valence-electron chi connectivity index (χ4n) is 0.418. The predicted molar refractivity (Wildman–Crippen MR) is 46.4 cm³/mol. The standard InChI is InChI=1S/C5H14N2.2ClH/c1-2-5(7)3-4-6;;/h5H,2-4,6-7H2,1H3;2*1H. The minimum absolute atomic E-state index is 0. The number of halogens is 2. The Morgan fingerprint density at radius 3 is 1.89 bits per heavy atom. The van der Waals surface area contributed by atoms with Crippen molar-refractivity contribution in [2.24, 2.45) is 11.5 Å². The third-order valence-corrected chi connectivity index (χ3v) is 1.06. The lowest BCUT2D eigenvalue weighted by Crippen LogP contribution is -2.22. The molecule has 0 aliphatic heterocycles. The number of rotatable bonds is 3. The second kappa shape index (κ2) is 11.3. The Morgan fingerprint density at radius 2 is 1.78 bits per heavy atom. The van der Waals surface area contributed by atoms with Crippen molar-refractivity contribution in [3.63, 3.8) is 0 Å². The van der Waals surface area contributed by atoms with E-state index in [2.05, 4.69) is 6.92 Å². The molecule has 0 aromatic carbocycles. The second-order valence-electron chi connectivity index (χ2n) is 1.75. The summed E-state index contributed by atoms with van der Waals surface area (Å²) < 4.78 is 0. The van der Waals surface area contributed by atoms with Crippen molar-refractivity contribution in [2.45, 2.75) is 25.8 Å². The zero-order chi connectivity index (χ0) is 5.70. The van der Waals surface area contributed by atoms with Gasteiger partial charge in [0.2, 0.25) is 0 Å². The van der Waals surface area contributed by atoms with Crippen molar-refractivity contribution >= 4 is 24.8 Å². The largest absolute Gasteiger partial charge is 0.330 e. The first-order chi connectivity index (χ1) is 3.31. The van der Waals surface area contributed by atoms with Gasteiger partial charge in [0.1, 0.15) is 0 Å². The molecule has 0 aromatic heterocycles. The normalized spacial score (nSPS) is 11.0. The van der Waals surface area contributed by atoms with Gasteiger partial charge in [-0.25, -0.2) is 0 Å². The topological polar surface area (TPSA) is 52.0 Å². The van der Waals surface area contributed by atoms with Gasteiger partial charge in [0.25, 0.3) is 0 Å². The van der Waals surface area contributed by atoms with Crippen molar-refractivity contribution in [2.75, 3.05) is 6.54 Å². The molecule has 0 spiro atoms. The highest BCUT2D eigenvalue weighted by Crippen LogP contribution is 1.88. The lowest BCUT2D eigenvalue weighted by molar-refractivity contribution is 0.604. The van der Waals surface area contributed by atoms with Crippen LogP contribution in [-0.2, 0) is 0 Å². The summed E-state index contributed by atoms with van der Waals surface area (Å²) >= 11 is 0. The predicted octanol–water partition coefficient (Wildman–Crippen LogP) is 0.916. The maximum atomic E-state index is 5.50. The molecule has 0 aliphatic rings. The van der Waals surface area contributed by atoms with Gasteiger partial charge in [-0.05, 0) is 19.4 Å². The Hall–Kier alpha value is 0.500. The fraction of sp³-hybridized carbons (Fsp3) is 1.00. The molecule has 0 saturated heterocycles. The van der Waals surface area contributed by atoms with Crippen LogP contribution in [0.5, 0.6) is 0 Å². The lowest BCUT2D eigenvalue weighted by atomic mass is 10.2. The van der Waals surface area contributed by atoms with Crippen LogP contribution in [0.2, 0.25) is 0 Å². The molecule has 0 saturated carbocycles. The molecule has 4 N–H and O–H groups in total. The summed E-state index contributed by atoms with van der Waals surface area (Å²) in [5, 5.41) is 0. The summed E-state index contributed by atoms with van der Waals surface area (Å²) in [5.41, 5.74) is 10.7. The molecule has 4 heteroatoms. The zero-order valence-corrected chi connectivity index (χ0v) is 7.30. The Morgan fingerprint density at radius 1 is 1.33 bits per heavy atom. The van der Waals surface area contributed by atoms with Crippen LogP contribution in [-0.4, -0.2) is 12.6 Å². The lowest BCUT2D eigenvalue weighted by Gasteiger charge is -2.03. The smallest absolute Gasteiger partial charge is 0.00482 e. The van der Waals surface area contributed by atoms with Crippen LogP contribution in [0.1, 0.15) is 19.8 Å². The number of hydrogen-bond acceptors (Lipinski definition) is 2. The van der Waals surface area contributed by atoms with Crippen LogP contribution in [0.4, 0.5) is 0 Å². The molecule has 0 rings (SSSR count). The highest BCUT2D eigenvalue weighted by Gasteiger charge is 1.92. The van der Waals surface area contributed by atoms with Gasteiger partial charge in [0.05, 0.1) is 0 Å². The molecule has 0 bridgehead atoms. The maximum Gasteiger partial charge on any atom is 0.00482 e. The van der Waals surface area contributed by atoms with Crippen LogP contribution in [0.15, 0.2) is 0 Å². The highest BCUT2D eigenvalue weighted by molar-refractivity contribution is 5.85. The van der Waals surface area contributed by atoms with Gasteiger partial charge in [0, 0.05) is 6.04 Å². The van der Waals surface area contributed by atoms with Gasteiger partial charge < -0.3 is 11.5 Å². The van der Waals surface area contributed by atoms with Gasteiger partial charge in [-0.1, -0.05) is 6.92 Å². The Balaban J connectivity index is -0.000000180. The summed E-state index contributed by atoms with van der Waals surface area (Å²) in [5.74, 6) is 0. The van der Waals surface area contributed by atoms with E-state index in [4.69, 9.17) is 11.5 Å². The minimum atomic E-state index is 0. The third kappa shape index (κ3) is 11.9. The summed E-state index contributed by atoms with van der Waals surface area (Å²) in [4.78, 5) is 0. The van der Waals surface area contributed by atoms with E-state index < -0.39 is 0 Å². The first-order valence-electron chi connectivity index (χ1n) is 2.77. The fourth-order valence-corrected chi connectivity index (χ4v) is 0.418. The minimum Gasteiger partial charge on any atom is -0.330 e. The molecular formula is C5H16Cl2N2. The first kappa shape index (κ1) is 16.2. The van der Waals surface area contributed by atoms with E-state index in [0.29, 0.717) is 6.04 Å². The van der Waals surface area contributed by atoms with Gasteiger partial charge in [-0.15, -0.1) is 24.8 Å². The first-order valence-corrected chi connectivity index (χ1v) is 2.77. The van der Waals surface area contributed by atoms with Gasteiger partial charge in [0.15, 0.2) is 0 Å². The molecule has 0 radical (unpaired) electrons. The van der Waals surface area contributed by atoms with Crippen molar-refractivity contribution < 1.29 is 0 Å². The van der Waals surface area contributed by atoms with Gasteiger partial charge in [-0.2, -0.15) is 0 Å². The monoisotopic (exact) mass is 174 g/mol. The molecule has 9 heavy (non-hydrogen) atoms. The molecule has 0 heterocycles. The van der Waals surface area contributed by atoms with Crippen LogP contribution >= 0.6 is 24.8 Å². The molecule has 1 atom stereocenters. The van der Waals surface area contributed by atoms with E-state index in [9.17, 15) is 0 Å². The molecule has 1 unspecified atom stereocenters. The van der Waals surface area contributed by atoms with Crippen LogP contribution in [0.25, 0.3) is 0 Å². The van der Waals surface area contributed by atoms with Crippen LogP contribution in [0.3, 0.4) is 0 Å². The summed E-state index contributed by atoms with van der Waals surface area (Å²) in [6.07, 6.45) is 1.99. The van der Waals surface area contributed by atoms with E-state index in [1.165, 1.54) is 0 Å². The third-order valence-electron chi connectivity index (χ3n) is 1.06. The summed E-state index contributed by atoms with van der Waals surface area (Å²) in [7, 11) is 0. The molecule has 0 aromatic rings. The molecule has 0 aliphatic carbocycles. The van der Waals surface area contributed by atoms with Crippen LogP contribution < -0.4 is 11.5 Å². The van der Waals surface area contributed by atoms with E-state index in [-0.39, 0.29) is 24.8 Å². The average molecular weight is 175 g/mol. The van der Waals surface area contributed by atoms with E-state index in [1.807, 2.05) is 0 Å². The average Bonchev–Trinajstić information content (AvgIpc) is 1.68. The zero-order valence-electron chi connectivity index (χ0n) is 5.67. The quantitative estimate of drug-likeness (QED) is 0.669. The Labute approximate surface area is 69.2 Å². The number of nitrogens with two attached hydrogens (primary N) is 2. The van der Waals surface area contributed by atoms with Crippen molar-refractivity contribution in [1.82, 2.24) is 0 Å². The number of hydrogen-bond donors (Lipinski definition) is 2. The van der Waals surface area contributed by atoms with Crippen molar-refractivity contribution in [1.29, 1.82) is 0 Å². The Kier molecular flexibility index (Phi) is 20.4. The maximum absolute atomic E-state index is 5.50. The highest BCUT2D eigenvalue weighted by atomic mass is 35.5. The van der Waals surface area contributed by atoms with Gasteiger partial charge >= 0.3 is 0 Å². The van der Waals surface area contributed by atoms with Crippen LogP contribution in [0, 0.1) is 0 Å². The van der Waals surface area contributed by atoms with E-state index in [0.717, 1.165) is 19.4 Å². The van der Waals surface area contributed by atoms with Crippen molar-refractivity contribution in [3.8, 4) is 0 Å². The van der Waals surface area contributed by atoms with Crippen molar-refractivity contribution in [3.05, 3.63) is 0 Å². The van der Waals surface area contributed by atoms with E-state index in [1.54, 1.807) is 0 Å². The second-order valence-corrected chi connectivity index (χ2v) is 1.75. The molecule has 0 amide bonds. The SMILES string of the molecule is CCC(N)CCN.Cl.Cl. The molecular weight excluding hydrogens is 159 g/mol. The van der Waals surface area contributed by atoms with Gasteiger partial charge in [-0.3, -0.25) is 0 Å².